The first-order chi connectivity index (χ1) is 18.9. The molecule has 1 amide bonds. The van der Waals surface area contributed by atoms with Crippen LogP contribution in [-0.4, -0.2) is 77.7 Å². The zero-order valence-electron chi connectivity index (χ0n) is 22.1. The van der Waals surface area contributed by atoms with Gasteiger partial charge in [0.15, 0.2) is 0 Å². The molecule has 4 aromatic rings. The number of carbonyl (C=O) groups is 1. The Morgan fingerprint density at radius 3 is 2.00 bits per heavy atom. The number of anilines is 3. The lowest BCUT2D eigenvalue weighted by atomic mass is 10.1. The Labute approximate surface area is 228 Å². The molecule has 1 aliphatic rings. The van der Waals surface area contributed by atoms with Gasteiger partial charge < -0.3 is 25.4 Å². The van der Waals surface area contributed by atoms with Gasteiger partial charge in [-0.3, -0.25) is 9.69 Å². The summed E-state index contributed by atoms with van der Waals surface area (Å²) in [5.41, 5.74) is 4.75. The molecular formula is C30H32N6O3. The number of rotatable bonds is 8. The summed E-state index contributed by atoms with van der Waals surface area (Å²) in [6.07, 6.45) is 0. The SMILES string of the molecule is COc1ccc(-c2cc(-c3ccc(O)cc3)nc(Nc3ccc(NC(=O)CN4CCN(C)CC4)cc3)n2)cc1. The van der Waals surface area contributed by atoms with Crippen molar-refractivity contribution in [1.29, 1.82) is 0 Å². The van der Waals surface area contributed by atoms with Crippen LogP contribution in [0.1, 0.15) is 0 Å². The number of amides is 1. The molecule has 0 radical (unpaired) electrons. The van der Waals surface area contributed by atoms with Crippen molar-refractivity contribution in [2.45, 2.75) is 0 Å². The summed E-state index contributed by atoms with van der Waals surface area (Å²) in [5, 5.41) is 16.0. The highest BCUT2D eigenvalue weighted by molar-refractivity contribution is 5.92. The lowest BCUT2D eigenvalue weighted by Crippen LogP contribution is -2.47. The molecule has 9 heteroatoms. The van der Waals surface area contributed by atoms with Crippen molar-refractivity contribution in [3.05, 3.63) is 78.9 Å². The van der Waals surface area contributed by atoms with Crippen molar-refractivity contribution in [3.8, 4) is 34.0 Å². The summed E-state index contributed by atoms with van der Waals surface area (Å²) in [7, 11) is 3.73. The van der Waals surface area contributed by atoms with Gasteiger partial charge in [0.05, 0.1) is 25.0 Å². The summed E-state index contributed by atoms with van der Waals surface area (Å²) >= 11 is 0. The fourth-order valence-corrected chi connectivity index (χ4v) is 4.37. The predicted molar refractivity (Wildman–Crippen MR) is 153 cm³/mol. The lowest BCUT2D eigenvalue weighted by Gasteiger charge is -2.31. The van der Waals surface area contributed by atoms with E-state index in [2.05, 4.69) is 27.5 Å². The van der Waals surface area contributed by atoms with Gasteiger partial charge in [0.25, 0.3) is 0 Å². The maximum Gasteiger partial charge on any atom is 0.238 e. The second-order valence-corrected chi connectivity index (χ2v) is 9.57. The van der Waals surface area contributed by atoms with Gasteiger partial charge in [-0.05, 0) is 85.9 Å². The van der Waals surface area contributed by atoms with E-state index in [1.165, 1.54) is 0 Å². The number of nitrogens with one attached hydrogen (secondary N) is 2. The lowest BCUT2D eigenvalue weighted by molar-refractivity contribution is -0.117. The number of phenols is 1. The van der Waals surface area contributed by atoms with Crippen LogP contribution in [0, 0.1) is 0 Å². The summed E-state index contributed by atoms with van der Waals surface area (Å²) in [4.78, 5) is 26.4. The van der Waals surface area contributed by atoms with Crippen LogP contribution in [-0.2, 0) is 4.79 Å². The van der Waals surface area contributed by atoms with Gasteiger partial charge in [0, 0.05) is 48.7 Å². The smallest absolute Gasteiger partial charge is 0.238 e. The number of methoxy groups -OCH3 is 1. The average Bonchev–Trinajstić information content (AvgIpc) is 2.95. The second-order valence-electron chi connectivity index (χ2n) is 9.57. The van der Waals surface area contributed by atoms with E-state index in [9.17, 15) is 9.90 Å². The van der Waals surface area contributed by atoms with Crippen LogP contribution in [0.4, 0.5) is 17.3 Å². The minimum absolute atomic E-state index is 0.0191. The molecule has 0 spiro atoms. The number of carbonyl (C=O) groups excluding carboxylic acids is 1. The highest BCUT2D eigenvalue weighted by atomic mass is 16.5. The third-order valence-corrected chi connectivity index (χ3v) is 6.66. The molecule has 0 bridgehead atoms. The van der Waals surface area contributed by atoms with Crippen molar-refractivity contribution in [2.75, 3.05) is 57.5 Å². The summed E-state index contributed by atoms with van der Waals surface area (Å²) in [5.74, 6) is 1.37. The molecule has 200 valence electrons. The van der Waals surface area contributed by atoms with E-state index in [4.69, 9.17) is 14.7 Å². The number of benzene rings is 3. The molecule has 3 N–H and O–H groups in total. The monoisotopic (exact) mass is 524 g/mol. The number of piperazine rings is 1. The van der Waals surface area contributed by atoms with Gasteiger partial charge in [-0.15, -0.1) is 0 Å². The summed E-state index contributed by atoms with van der Waals surface area (Å²) in [6.45, 7) is 4.14. The van der Waals surface area contributed by atoms with Crippen LogP contribution >= 0.6 is 0 Å². The first kappa shape index (κ1) is 26.1. The molecule has 9 nitrogen and oxygen atoms in total. The number of likely N-dealkylation sites (N-methyl/N-ethyl adjacent to an activating group) is 1. The van der Waals surface area contributed by atoms with Crippen molar-refractivity contribution >= 4 is 23.2 Å². The van der Waals surface area contributed by atoms with Crippen LogP contribution in [0.25, 0.3) is 22.5 Å². The van der Waals surface area contributed by atoms with E-state index in [1.54, 1.807) is 19.2 Å². The largest absolute Gasteiger partial charge is 0.508 e. The van der Waals surface area contributed by atoms with Crippen molar-refractivity contribution in [2.24, 2.45) is 0 Å². The summed E-state index contributed by atoms with van der Waals surface area (Å²) in [6, 6.07) is 24.0. The van der Waals surface area contributed by atoms with Gasteiger partial charge >= 0.3 is 0 Å². The van der Waals surface area contributed by atoms with E-state index < -0.39 is 0 Å². The normalized spacial score (nSPS) is 14.1. The maximum atomic E-state index is 12.5. The number of ether oxygens (including phenoxy) is 1. The summed E-state index contributed by atoms with van der Waals surface area (Å²) < 4.78 is 5.29. The number of aromatic nitrogens is 2. The first-order valence-electron chi connectivity index (χ1n) is 12.9. The number of phenolic OH excluding ortho intramolecular Hbond substituents is 1. The third kappa shape index (κ3) is 6.90. The molecule has 1 aromatic heterocycles. The van der Waals surface area contributed by atoms with Crippen LogP contribution in [0.3, 0.4) is 0 Å². The molecule has 3 aromatic carbocycles. The Morgan fingerprint density at radius 1 is 0.846 bits per heavy atom. The van der Waals surface area contributed by atoms with E-state index in [1.807, 2.05) is 66.7 Å². The molecule has 1 saturated heterocycles. The Bertz CT molecular complexity index is 1400. The predicted octanol–water partition coefficient (Wildman–Crippen LogP) is 4.45. The van der Waals surface area contributed by atoms with E-state index >= 15 is 0 Å². The van der Waals surface area contributed by atoms with Gasteiger partial charge in [-0.2, -0.15) is 0 Å². The molecule has 39 heavy (non-hydrogen) atoms. The number of hydrogen-bond donors (Lipinski definition) is 3. The highest BCUT2D eigenvalue weighted by Crippen LogP contribution is 2.28. The average molecular weight is 525 g/mol. The molecule has 0 aliphatic carbocycles. The highest BCUT2D eigenvalue weighted by Gasteiger charge is 2.16. The number of hydrogen-bond acceptors (Lipinski definition) is 8. The van der Waals surface area contributed by atoms with Crippen LogP contribution in [0.15, 0.2) is 78.9 Å². The molecule has 0 unspecified atom stereocenters. The fraction of sp³-hybridized carbons (Fsp3) is 0.233. The molecule has 5 rings (SSSR count). The van der Waals surface area contributed by atoms with Crippen LogP contribution in [0.2, 0.25) is 0 Å². The minimum atomic E-state index is -0.0191. The Hall–Kier alpha value is -4.47. The molecule has 2 heterocycles. The molecule has 1 aliphatic heterocycles. The zero-order chi connectivity index (χ0) is 27.2. The Morgan fingerprint density at radius 2 is 1.41 bits per heavy atom. The van der Waals surface area contributed by atoms with Gasteiger partial charge in [-0.25, -0.2) is 9.97 Å². The van der Waals surface area contributed by atoms with Gasteiger partial charge in [0.1, 0.15) is 11.5 Å². The Kier molecular flexibility index (Phi) is 8.00. The molecule has 0 saturated carbocycles. The second kappa shape index (κ2) is 11.9. The van der Waals surface area contributed by atoms with Gasteiger partial charge in [-0.1, -0.05) is 0 Å². The van der Waals surface area contributed by atoms with Crippen LogP contribution < -0.4 is 15.4 Å². The standard InChI is InChI=1S/C30H32N6O3/c1-35-15-17-36(18-16-35)20-29(38)31-23-7-9-24(10-8-23)32-30-33-27(21-3-11-25(37)12-4-21)19-28(34-30)22-5-13-26(39-2)14-6-22/h3-14,19,37H,15-18,20H2,1-2H3,(H,31,38)(H,32,33,34). The quantitative estimate of drug-likeness (QED) is 0.311. The number of aromatic hydroxyl groups is 1. The molecular weight excluding hydrogens is 492 g/mol. The zero-order valence-corrected chi connectivity index (χ0v) is 22.1. The van der Waals surface area contributed by atoms with Crippen LogP contribution in [0.5, 0.6) is 11.5 Å². The topological polar surface area (TPSA) is 103 Å². The third-order valence-electron chi connectivity index (χ3n) is 6.66. The maximum absolute atomic E-state index is 12.5. The minimum Gasteiger partial charge on any atom is -0.508 e. The van der Waals surface area contributed by atoms with Crippen molar-refractivity contribution < 1.29 is 14.6 Å². The van der Waals surface area contributed by atoms with E-state index in [0.717, 1.165) is 60.1 Å². The van der Waals surface area contributed by atoms with E-state index in [-0.39, 0.29) is 11.7 Å². The Balaban J connectivity index is 1.32. The van der Waals surface area contributed by atoms with Crippen molar-refractivity contribution in [1.82, 2.24) is 19.8 Å². The van der Waals surface area contributed by atoms with Crippen molar-refractivity contribution in [3.63, 3.8) is 0 Å². The van der Waals surface area contributed by atoms with Gasteiger partial charge in [0.2, 0.25) is 11.9 Å². The van der Waals surface area contributed by atoms with E-state index in [0.29, 0.717) is 18.2 Å². The molecule has 0 atom stereocenters. The first-order valence-corrected chi connectivity index (χ1v) is 12.9. The fourth-order valence-electron chi connectivity index (χ4n) is 4.37. The number of nitrogens with zero attached hydrogens (tertiary/aromatic N) is 4. The molecule has 1 fully saturated rings.